The maximum absolute atomic E-state index is 11.8. The van der Waals surface area contributed by atoms with Crippen LogP contribution in [0.3, 0.4) is 0 Å². The number of ether oxygens (including phenoxy) is 2. The molecule has 2 fully saturated rings. The largest absolute Gasteiger partial charge is 0.444 e. The Morgan fingerprint density at radius 3 is 1.28 bits per heavy atom. The second kappa shape index (κ2) is 10.5. The zero-order valence-corrected chi connectivity index (χ0v) is 25.9. The van der Waals surface area contributed by atoms with E-state index in [1.54, 1.807) is 0 Å². The van der Waals surface area contributed by atoms with E-state index in [2.05, 4.69) is 31.9 Å². The molecule has 2 aromatic rings. The van der Waals surface area contributed by atoms with E-state index >= 15 is 0 Å². The number of carbonyl (C=O) groups is 2. The van der Waals surface area contributed by atoms with Crippen LogP contribution in [0.2, 0.25) is 0 Å². The number of likely N-dealkylation sites (tertiary alicyclic amines) is 2. The Hall–Kier alpha value is -1.18. The molecule has 2 aromatic heterocycles. The summed E-state index contributed by atoms with van der Waals surface area (Å²) in [6.45, 7) is 12.1. The van der Waals surface area contributed by atoms with Gasteiger partial charge in [-0.1, -0.05) is 0 Å². The van der Waals surface area contributed by atoms with Crippen LogP contribution in [-0.2, 0) is 20.7 Å². The first kappa shape index (κ1) is 29.4. The van der Waals surface area contributed by atoms with E-state index < -0.39 is 22.4 Å². The molecule has 0 unspecified atom stereocenters. The molecule has 0 aromatic carbocycles. The third kappa shape index (κ3) is 7.02. The maximum atomic E-state index is 11.8. The van der Waals surface area contributed by atoms with Gasteiger partial charge in [-0.25, -0.2) is 9.59 Å². The number of nitrogens with zero attached hydrogens (tertiary/aromatic N) is 2. The van der Waals surface area contributed by atoms with Crippen molar-refractivity contribution in [3.05, 3.63) is 41.6 Å². The van der Waals surface area contributed by atoms with E-state index in [0.717, 1.165) is 20.1 Å². The lowest BCUT2D eigenvalue weighted by molar-refractivity contribution is -0.103. The van der Waals surface area contributed by atoms with Gasteiger partial charge in [-0.05, 0) is 84.2 Å². The second-order valence-electron chi connectivity index (χ2n) is 11.0. The highest BCUT2D eigenvalue weighted by Crippen LogP contribution is 2.39. The van der Waals surface area contributed by atoms with Gasteiger partial charge in [-0.2, -0.15) is 22.7 Å². The van der Waals surface area contributed by atoms with Crippen LogP contribution in [0.5, 0.6) is 0 Å². The highest BCUT2D eigenvalue weighted by molar-refractivity contribution is 9.10. The average molecular weight is 668 g/mol. The van der Waals surface area contributed by atoms with Crippen molar-refractivity contribution in [3.8, 4) is 0 Å². The molecule has 2 aliphatic rings. The van der Waals surface area contributed by atoms with Crippen LogP contribution < -0.4 is 0 Å². The third-order valence-corrected chi connectivity index (χ3v) is 8.75. The number of amides is 2. The van der Waals surface area contributed by atoms with E-state index in [1.165, 1.54) is 32.5 Å². The van der Waals surface area contributed by atoms with Crippen molar-refractivity contribution in [3.63, 3.8) is 0 Å². The van der Waals surface area contributed by atoms with Gasteiger partial charge in [0.15, 0.2) is 0 Å². The quantitative estimate of drug-likeness (QED) is 0.414. The molecule has 0 atom stereocenters. The summed E-state index contributed by atoms with van der Waals surface area (Å²) in [6.07, 6.45) is -0.753. The van der Waals surface area contributed by atoms with Crippen LogP contribution in [0.15, 0.2) is 30.5 Å². The van der Waals surface area contributed by atoms with E-state index in [-0.39, 0.29) is 38.4 Å². The lowest BCUT2D eigenvalue weighted by atomic mass is 9.88. The SMILES string of the molecule is CC(C)(C)OC(=O)N1CC(O)(c2cscc2Br)C1.CC(C)(C)OC(=O)N1CC(O)(c2cscc2Br)C1. The number of hydrogen-bond acceptors (Lipinski definition) is 8. The fourth-order valence-electron chi connectivity index (χ4n) is 3.65. The monoisotopic (exact) mass is 666 g/mol. The molecular weight excluding hydrogens is 636 g/mol. The molecule has 2 amide bonds. The molecule has 8 nitrogen and oxygen atoms in total. The molecule has 0 radical (unpaired) electrons. The number of halogens is 2. The van der Waals surface area contributed by atoms with E-state index in [4.69, 9.17) is 9.47 Å². The number of hydrogen-bond donors (Lipinski definition) is 2. The predicted octanol–water partition coefficient (Wildman–Crippen LogP) is 5.90. The molecule has 0 aliphatic carbocycles. The topological polar surface area (TPSA) is 99.5 Å². The molecule has 200 valence electrons. The summed E-state index contributed by atoms with van der Waals surface area (Å²) >= 11 is 9.84. The molecule has 2 aliphatic heterocycles. The number of β-amino-alcohol motifs (C(OH)–C–C–N with tert-alkyl or cyclic N) is 2. The molecule has 36 heavy (non-hydrogen) atoms. The molecular formula is C24H32Br2N2O6S2. The second-order valence-corrected chi connectivity index (χ2v) is 14.2. The Labute approximate surface area is 236 Å². The Morgan fingerprint density at radius 1 is 0.750 bits per heavy atom. The highest BCUT2D eigenvalue weighted by Gasteiger charge is 2.48. The number of carbonyl (C=O) groups excluding carboxylic acids is 2. The van der Waals surface area contributed by atoms with Crippen LogP contribution in [0.25, 0.3) is 0 Å². The Bertz CT molecular complexity index is 1010. The van der Waals surface area contributed by atoms with Crippen LogP contribution in [-0.4, -0.2) is 69.6 Å². The zero-order chi connectivity index (χ0) is 27.1. The summed E-state index contributed by atoms with van der Waals surface area (Å²) in [4.78, 5) is 26.6. The van der Waals surface area contributed by atoms with Crippen LogP contribution in [0, 0.1) is 0 Å². The molecule has 2 N–H and O–H groups in total. The van der Waals surface area contributed by atoms with Crippen LogP contribution in [0.1, 0.15) is 52.7 Å². The summed E-state index contributed by atoms with van der Waals surface area (Å²) in [5.41, 5.74) is -1.23. The van der Waals surface area contributed by atoms with Gasteiger partial charge in [0.25, 0.3) is 0 Å². The van der Waals surface area contributed by atoms with E-state index in [1.807, 2.05) is 63.1 Å². The van der Waals surface area contributed by atoms with Crippen molar-refractivity contribution in [2.75, 3.05) is 26.2 Å². The Kier molecular flexibility index (Phi) is 8.59. The van der Waals surface area contributed by atoms with Crippen molar-refractivity contribution in [2.24, 2.45) is 0 Å². The minimum absolute atomic E-state index is 0.275. The van der Waals surface area contributed by atoms with Gasteiger partial charge in [-0.3, -0.25) is 0 Å². The summed E-state index contributed by atoms with van der Waals surface area (Å²) in [6, 6.07) is 0. The van der Waals surface area contributed by atoms with Crippen molar-refractivity contribution in [1.82, 2.24) is 9.80 Å². The molecule has 0 saturated carbocycles. The van der Waals surface area contributed by atoms with Crippen molar-refractivity contribution in [1.29, 1.82) is 0 Å². The van der Waals surface area contributed by atoms with Crippen molar-refractivity contribution < 1.29 is 29.3 Å². The van der Waals surface area contributed by atoms with Gasteiger partial charge in [0, 0.05) is 30.8 Å². The normalized spacial score (nSPS) is 18.4. The molecule has 0 spiro atoms. The van der Waals surface area contributed by atoms with Gasteiger partial charge in [0.1, 0.15) is 22.4 Å². The van der Waals surface area contributed by atoms with E-state index in [9.17, 15) is 19.8 Å². The first-order chi connectivity index (χ1) is 16.4. The van der Waals surface area contributed by atoms with Gasteiger partial charge < -0.3 is 29.5 Å². The minimum Gasteiger partial charge on any atom is -0.444 e. The minimum atomic E-state index is -0.949. The van der Waals surface area contributed by atoms with Crippen molar-refractivity contribution in [2.45, 2.75) is 63.9 Å². The third-order valence-electron chi connectivity index (χ3n) is 5.35. The van der Waals surface area contributed by atoms with Gasteiger partial charge in [0.05, 0.1) is 26.2 Å². The molecule has 12 heteroatoms. The molecule has 0 bridgehead atoms. The smallest absolute Gasteiger partial charge is 0.410 e. The zero-order valence-electron chi connectivity index (χ0n) is 21.1. The molecule has 4 rings (SSSR count). The maximum Gasteiger partial charge on any atom is 0.410 e. The van der Waals surface area contributed by atoms with Crippen LogP contribution in [0.4, 0.5) is 9.59 Å². The number of aliphatic hydroxyl groups is 2. The first-order valence-corrected chi connectivity index (χ1v) is 14.7. The van der Waals surface area contributed by atoms with Gasteiger partial charge in [-0.15, -0.1) is 0 Å². The lowest BCUT2D eigenvalue weighted by Gasteiger charge is -2.46. The summed E-state index contributed by atoms with van der Waals surface area (Å²) in [5.74, 6) is 0. The lowest BCUT2D eigenvalue weighted by Crippen LogP contribution is -2.61. The fraction of sp³-hybridized carbons (Fsp3) is 0.583. The summed E-state index contributed by atoms with van der Waals surface area (Å²) in [5, 5.41) is 28.4. The van der Waals surface area contributed by atoms with Crippen LogP contribution >= 0.6 is 54.5 Å². The van der Waals surface area contributed by atoms with Gasteiger partial charge >= 0.3 is 12.2 Å². The highest BCUT2D eigenvalue weighted by atomic mass is 79.9. The summed E-state index contributed by atoms with van der Waals surface area (Å²) in [7, 11) is 0. The first-order valence-electron chi connectivity index (χ1n) is 11.3. The summed E-state index contributed by atoms with van der Waals surface area (Å²) < 4.78 is 12.3. The fourth-order valence-corrected chi connectivity index (χ4v) is 7.16. The average Bonchev–Trinajstić information content (AvgIpc) is 3.29. The molecule has 4 heterocycles. The van der Waals surface area contributed by atoms with Gasteiger partial charge in [0.2, 0.25) is 0 Å². The standard InChI is InChI=1S/2C12H16BrNO3S/c2*1-11(2,3)17-10(15)14-6-12(16,7-14)8-4-18-5-9(8)13/h2*4-5,16H,6-7H2,1-3H3. The number of thiophene rings is 2. The van der Waals surface area contributed by atoms with E-state index in [0.29, 0.717) is 0 Å². The number of rotatable bonds is 2. The predicted molar refractivity (Wildman–Crippen MR) is 147 cm³/mol. The molecule has 2 saturated heterocycles. The Morgan fingerprint density at radius 2 is 1.06 bits per heavy atom. The van der Waals surface area contributed by atoms with Crippen molar-refractivity contribution >= 4 is 66.7 Å². The Balaban J connectivity index is 0.000000201.